The molecule has 30 N–H and O–H groups in total. The topological polar surface area (TPSA) is 790 Å². The Morgan fingerprint density at radius 1 is 0.409 bits per heavy atom. The molecule has 7 fully saturated rings. The van der Waals surface area contributed by atoms with Crippen molar-refractivity contribution >= 4 is 25.5 Å². The molecule has 7 saturated heterocycles. The third kappa shape index (κ3) is 23.2. The van der Waals surface area contributed by atoms with E-state index in [1.165, 1.54) is 0 Å². The van der Waals surface area contributed by atoms with Crippen molar-refractivity contribution in [2.75, 3.05) is 85.8 Å². The molecule has 2 unspecified atom stereocenters. The Hall–Kier alpha value is -3.08. The molecular formula is C59H105N4O46P. The van der Waals surface area contributed by atoms with Crippen molar-refractivity contribution in [1.29, 1.82) is 0 Å². The molecule has 7 aliphatic rings. The molecule has 51 heteroatoms. The van der Waals surface area contributed by atoms with Crippen molar-refractivity contribution < 1.29 is 227 Å². The van der Waals surface area contributed by atoms with Crippen molar-refractivity contribution in [2.45, 2.75) is 266 Å². The van der Waals surface area contributed by atoms with Gasteiger partial charge in [-0.2, -0.15) is 0 Å². The minimum absolute atomic E-state index is 0.401. The van der Waals surface area contributed by atoms with E-state index < -0.39 is 357 Å². The Kier molecular flexibility index (Phi) is 36.7. The van der Waals surface area contributed by atoms with Gasteiger partial charge >= 0.3 is 7.82 Å². The monoisotopic (exact) mass is 1640 g/mol. The number of carbonyl (C=O) groups is 3. The van der Waals surface area contributed by atoms with Crippen LogP contribution in [0.3, 0.4) is 0 Å². The Bertz CT molecular complexity index is 2830. The van der Waals surface area contributed by atoms with Crippen LogP contribution in [0.1, 0.15) is 20.8 Å². The lowest BCUT2D eigenvalue weighted by Crippen LogP contribution is -2.70. The van der Waals surface area contributed by atoms with Gasteiger partial charge in [0.05, 0.1) is 78.7 Å². The fraction of sp³-hybridized carbons (Fsp3) is 0.949. The van der Waals surface area contributed by atoms with Gasteiger partial charge in [-0.1, -0.05) is 0 Å². The molecule has 41 atom stereocenters. The van der Waals surface area contributed by atoms with Crippen molar-refractivity contribution in [2.24, 2.45) is 0 Å². The highest BCUT2D eigenvalue weighted by Gasteiger charge is 2.60. The fourth-order valence-electron chi connectivity index (χ4n) is 12.9. The predicted molar refractivity (Wildman–Crippen MR) is 342 cm³/mol. The first-order valence-corrected chi connectivity index (χ1v) is 36.2. The Balaban J connectivity index is 1.23. The maximum Gasteiger partial charge on any atom is 0.472 e. The lowest BCUT2D eigenvalue weighted by atomic mass is 9.94. The molecule has 0 aromatic heterocycles. The van der Waals surface area contributed by atoms with E-state index >= 15 is 0 Å². The molecule has 642 valence electrons. The number of amides is 3. The molecule has 7 rings (SSSR count). The van der Waals surface area contributed by atoms with Crippen LogP contribution in [0.5, 0.6) is 0 Å². The van der Waals surface area contributed by atoms with E-state index in [1.54, 1.807) is 0 Å². The summed E-state index contributed by atoms with van der Waals surface area (Å²) in [5.74, 6) is -2.78. The van der Waals surface area contributed by atoms with Crippen LogP contribution in [0.25, 0.3) is 0 Å². The van der Waals surface area contributed by atoms with E-state index in [2.05, 4.69) is 25.8 Å². The van der Waals surface area contributed by atoms with Gasteiger partial charge in [-0.15, -0.1) is 0 Å². The Morgan fingerprint density at radius 2 is 0.809 bits per heavy atom. The minimum Gasteiger partial charge on any atom is -0.394 e. The first kappa shape index (κ1) is 94.1. The maximum atomic E-state index is 12.9. The smallest absolute Gasteiger partial charge is 0.394 e. The second-order valence-electron chi connectivity index (χ2n) is 26.8. The van der Waals surface area contributed by atoms with E-state index in [9.17, 15) is 146 Å². The van der Waals surface area contributed by atoms with Crippen LogP contribution in [0, 0.1) is 0 Å². The summed E-state index contributed by atoms with van der Waals surface area (Å²) in [4.78, 5) is 48.4. The van der Waals surface area contributed by atoms with Crippen molar-refractivity contribution in [3.05, 3.63) is 0 Å². The summed E-state index contributed by atoms with van der Waals surface area (Å²) >= 11 is 0. The number of hydrogen-bond acceptors (Lipinski definition) is 46. The van der Waals surface area contributed by atoms with Crippen LogP contribution in [-0.2, 0) is 94.3 Å². The van der Waals surface area contributed by atoms with E-state index in [0.717, 1.165) is 20.8 Å². The molecule has 0 bridgehead atoms. The number of hydrogen-bond donors (Lipinski definition) is 30. The average Bonchev–Trinajstić information content (AvgIpc) is 0.778. The number of nitrogens with one attached hydrogen (secondary N) is 4. The highest BCUT2D eigenvalue weighted by atomic mass is 31.2. The van der Waals surface area contributed by atoms with Crippen LogP contribution in [-0.4, -0.2) is 481 Å². The Morgan fingerprint density at radius 3 is 1.24 bits per heavy atom. The molecule has 0 aromatic carbocycles. The zero-order valence-electron chi connectivity index (χ0n) is 59.0. The zero-order chi connectivity index (χ0) is 81.7. The predicted octanol–water partition coefficient (Wildman–Crippen LogP) is -19.3. The van der Waals surface area contributed by atoms with Crippen LogP contribution in [0.2, 0.25) is 0 Å². The molecule has 50 nitrogen and oxygen atoms in total. The van der Waals surface area contributed by atoms with Gasteiger partial charge in [0.15, 0.2) is 44.0 Å². The lowest BCUT2D eigenvalue weighted by molar-refractivity contribution is -0.395. The Labute approximate surface area is 624 Å². The van der Waals surface area contributed by atoms with Crippen molar-refractivity contribution in [3.8, 4) is 0 Å². The average molecular weight is 1640 g/mol. The molecule has 110 heavy (non-hydrogen) atoms. The van der Waals surface area contributed by atoms with Gasteiger partial charge < -0.3 is 220 Å². The first-order chi connectivity index (χ1) is 51.9. The number of rotatable bonds is 38. The van der Waals surface area contributed by atoms with Gasteiger partial charge in [-0.3, -0.25) is 23.4 Å². The molecule has 0 spiro atoms. The van der Waals surface area contributed by atoms with Gasteiger partial charge in [0, 0.05) is 33.9 Å². The molecule has 0 aromatic rings. The maximum absolute atomic E-state index is 12.9. The van der Waals surface area contributed by atoms with Gasteiger partial charge in [-0.05, 0) is 0 Å². The highest BCUT2D eigenvalue weighted by molar-refractivity contribution is 7.47. The van der Waals surface area contributed by atoms with Gasteiger partial charge in [-0.25, -0.2) is 4.57 Å². The molecule has 0 saturated carbocycles. The normalized spacial score (nSPS) is 43.3. The molecule has 7 aliphatic heterocycles. The van der Waals surface area contributed by atoms with Gasteiger partial charge in [0.2, 0.25) is 17.7 Å². The summed E-state index contributed by atoms with van der Waals surface area (Å²) in [7, 11) is -4.87. The van der Waals surface area contributed by atoms with Gasteiger partial charge in [0.25, 0.3) is 0 Å². The number of phosphoric ester groups is 1. The number of aliphatic hydroxyl groups excluding tert-OH is 25. The number of ether oxygens (including phenoxy) is 14. The van der Waals surface area contributed by atoms with E-state index in [0.29, 0.717) is 0 Å². The van der Waals surface area contributed by atoms with Crippen molar-refractivity contribution in [3.63, 3.8) is 0 Å². The van der Waals surface area contributed by atoms with Gasteiger partial charge in [0.1, 0.15) is 195 Å². The number of aliphatic hydroxyl groups is 25. The minimum atomic E-state index is -4.87. The van der Waals surface area contributed by atoms with Crippen molar-refractivity contribution in [1.82, 2.24) is 21.3 Å². The largest absolute Gasteiger partial charge is 0.472 e. The number of carbonyl (C=O) groups excluding carboxylic acids is 3. The summed E-state index contributed by atoms with van der Waals surface area (Å²) in [5, 5.41) is 283. The zero-order valence-corrected chi connectivity index (χ0v) is 59.9. The SMILES string of the molecule is CC(=O)N[C@H]1[C@H](O[C@@H]2[C@@H](OC[C@H]3O[C@@H](O[C@@H]([C@H](O)[C@H](CNCCOP(=O)(O)OCC(O)CO)NC(C)=O)[C@H](O)CO)[C@@H](O)[C@@H](O[C@H]4O[C@H](CO)[C@@H](O)[C@H](O)[C@@H]4O[C@@H]4O[C@H](CO)[C@@H](O[C@@H]5O[C@H](CO)[C@H](O)[C@H](O)[C@H]5O)[C@H](O)[C@H]4NC(C)=O)[C@@H]3O)O[C@H](CO)[C@@H](O)[C@@H]2O)O[C@H](CO)[C@@H](O[C@@H]2O[C@H](CO)[C@H](O)[C@H](O)[C@H]2O)[C@@H]1O. The summed E-state index contributed by atoms with van der Waals surface area (Å²) in [6.45, 7) is -9.48. The molecular weight excluding hydrogens is 1530 g/mol. The summed E-state index contributed by atoms with van der Waals surface area (Å²) < 4.78 is 104. The second kappa shape index (κ2) is 42.9. The quantitative estimate of drug-likeness (QED) is 0.0202. The molecule has 7 heterocycles. The standard InChI is InChI=1S/C59H105N4O46P/c1-17(72)61-21(6-60-4-5-95-110(92,93)96-15-20(75)7-64)32(77)47(22(76)8-65)104-57-46(91)50(107-59-52(43(88)36(81)26(12-69)100-59)109-54-31(63-19(3)74)39(84)49(28(14-71)102-54)106-56-45(90)41(86)34(79)24(10-67)98-56)37(82)29(103-57)16-94-58-51(42(87)35(80)25(11-68)99-58)108-53-30(62-18(2)73)38(83)48(27(13-70)101-53)105-55-44(89)40(85)33(78)23(9-66)97-55/h20-60,64-71,75-91H,4-16H2,1-3H3,(H,61,72)(H,62,73)(H,63,74)(H,92,93)/t20?,21-,22+,23+,24+,25+,26+,27+,28+,29+,30+,31+,32+,33-,34-,35+,36+,37+,38+,39+,40-,41-,42-,43-,44+,45+,46-,47+,48+,49+,50-,51-,52-,53-,54-,55-,56-,57-,58-,59+/m0/s1. The van der Waals surface area contributed by atoms with E-state index in [-0.39, 0.29) is 0 Å². The van der Waals surface area contributed by atoms with E-state index in [4.69, 9.17) is 75.9 Å². The van der Waals surface area contributed by atoms with Crippen LogP contribution in [0.4, 0.5) is 0 Å². The summed E-state index contributed by atoms with van der Waals surface area (Å²) in [6, 6.07) is -5.52. The third-order valence-electron chi connectivity index (χ3n) is 18.8. The molecule has 3 amide bonds. The first-order valence-electron chi connectivity index (χ1n) is 34.7. The van der Waals surface area contributed by atoms with Crippen LogP contribution < -0.4 is 21.3 Å². The lowest BCUT2D eigenvalue weighted by Gasteiger charge is -2.50. The summed E-state index contributed by atoms with van der Waals surface area (Å²) in [5.41, 5.74) is 0. The second-order valence-corrected chi connectivity index (χ2v) is 28.3. The van der Waals surface area contributed by atoms with Crippen LogP contribution in [0.15, 0.2) is 0 Å². The molecule has 0 aliphatic carbocycles. The fourth-order valence-corrected chi connectivity index (χ4v) is 13.7. The van der Waals surface area contributed by atoms with E-state index in [1.807, 2.05) is 0 Å². The van der Waals surface area contributed by atoms with Crippen LogP contribution >= 0.6 is 7.82 Å². The molecule has 0 radical (unpaired) electrons. The summed E-state index contributed by atoms with van der Waals surface area (Å²) in [6.07, 6.45) is -78.0. The highest BCUT2D eigenvalue weighted by Crippen LogP contribution is 2.43. The number of phosphoric acid groups is 1. The third-order valence-corrected chi connectivity index (χ3v) is 19.8.